The lowest BCUT2D eigenvalue weighted by molar-refractivity contribution is 0.377. The number of hydrogen-bond acceptors (Lipinski definition) is 6. The molecule has 15 heavy (non-hydrogen) atoms. The predicted molar refractivity (Wildman–Crippen MR) is 47.0 cm³/mol. The Kier molecular flexibility index (Phi) is 2.78. The van der Waals surface area contributed by atoms with Crippen LogP contribution in [0.15, 0.2) is 11.1 Å². The van der Waals surface area contributed by atoms with E-state index in [-0.39, 0.29) is 5.75 Å². The van der Waals surface area contributed by atoms with E-state index in [1.165, 1.54) is 6.07 Å². The molecule has 1 aromatic rings. The van der Waals surface area contributed by atoms with Crippen LogP contribution in [-0.4, -0.2) is 30.2 Å². The molecule has 0 aliphatic heterocycles. The SMILES string of the molecule is COc1cnc(C#N)c(O)c1S(=O)(=O)O. The fourth-order valence-corrected chi connectivity index (χ4v) is 1.67. The summed E-state index contributed by atoms with van der Waals surface area (Å²) in [6.07, 6.45) is 0.918. The Labute approximate surface area is 85.3 Å². The fraction of sp³-hybridized carbons (Fsp3) is 0.143. The van der Waals surface area contributed by atoms with Gasteiger partial charge in [0.25, 0.3) is 0 Å². The molecular formula is C7H6N2O5S. The third-order valence-electron chi connectivity index (χ3n) is 1.56. The smallest absolute Gasteiger partial charge is 0.302 e. The van der Waals surface area contributed by atoms with Crippen molar-refractivity contribution in [2.75, 3.05) is 7.11 Å². The first-order valence-electron chi connectivity index (χ1n) is 3.55. The predicted octanol–water partition coefficient (Wildman–Crippen LogP) is -0.0858. The van der Waals surface area contributed by atoms with Crippen LogP contribution in [0.4, 0.5) is 0 Å². The maximum absolute atomic E-state index is 10.9. The van der Waals surface area contributed by atoms with Crippen molar-refractivity contribution in [2.45, 2.75) is 4.90 Å². The summed E-state index contributed by atoms with van der Waals surface area (Å²) < 4.78 is 35.1. The van der Waals surface area contributed by atoms with E-state index in [0.29, 0.717) is 0 Å². The zero-order chi connectivity index (χ0) is 11.6. The van der Waals surface area contributed by atoms with E-state index < -0.39 is 26.5 Å². The average Bonchev–Trinajstić information content (AvgIpc) is 2.15. The van der Waals surface area contributed by atoms with Gasteiger partial charge in [0, 0.05) is 0 Å². The van der Waals surface area contributed by atoms with E-state index >= 15 is 0 Å². The molecule has 1 rings (SSSR count). The monoisotopic (exact) mass is 230 g/mol. The Morgan fingerprint density at radius 1 is 1.60 bits per heavy atom. The second-order valence-corrected chi connectivity index (χ2v) is 3.80. The van der Waals surface area contributed by atoms with Crippen LogP contribution in [-0.2, 0) is 10.1 Å². The number of aromatic hydroxyl groups is 1. The van der Waals surface area contributed by atoms with E-state index in [1.54, 1.807) is 0 Å². The number of nitrogens with zero attached hydrogens (tertiary/aromatic N) is 2. The van der Waals surface area contributed by atoms with Gasteiger partial charge in [0.15, 0.2) is 22.1 Å². The van der Waals surface area contributed by atoms with Gasteiger partial charge in [0.05, 0.1) is 13.3 Å². The van der Waals surface area contributed by atoms with Gasteiger partial charge in [-0.2, -0.15) is 13.7 Å². The van der Waals surface area contributed by atoms with Crippen molar-refractivity contribution in [2.24, 2.45) is 0 Å². The van der Waals surface area contributed by atoms with Crippen molar-refractivity contribution >= 4 is 10.1 Å². The van der Waals surface area contributed by atoms with E-state index in [9.17, 15) is 13.5 Å². The fourth-order valence-electron chi connectivity index (χ4n) is 0.944. The van der Waals surface area contributed by atoms with Gasteiger partial charge < -0.3 is 9.84 Å². The molecule has 1 aromatic heterocycles. The quantitative estimate of drug-likeness (QED) is 0.681. The Balaban J connectivity index is 3.67. The van der Waals surface area contributed by atoms with Crippen molar-refractivity contribution in [3.8, 4) is 17.6 Å². The maximum atomic E-state index is 10.9. The Morgan fingerprint density at radius 2 is 2.20 bits per heavy atom. The number of pyridine rings is 1. The van der Waals surface area contributed by atoms with Crippen LogP contribution in [0.3, 0.4) is 0 Å². The van der Waals surface area contributed by atoms with Gasteiger partial charge in [-0.3, -0.25) is 4.55 Å². The third kappa shape index (κ3) is 1.98. The topological polar surface area (TPSA) is 121 Å². The highest BCUT2D eigenvalue weighted by Crippen LogP contribution is 2.33. The summed E-state index contributed by atoms with van der Waals surface area (Å²) in [5.74, 6) is -1.27. The number of aromatic nitrogens is 1. The van der Waals surface area contributed by atoms with Crippen molar-refractivity contribution in [1.29, 1.82) is 5.26 Å². The molecule has 0 fully saturated rings. The first-order chi connectivity index (χ1) is 6.91. The molecule has 0 unspecified atom stereocenters. The van der Waals surface area contributed by atoms with E-state index in [0.717, 1.165) is 13.3 Å². The highest BCUT2D eigenvalue weighted by molar-refractivity contribution is 7.86. The first kappa shape index (κ1) is 11.2. The van der Waals surface area contributed by atoms with Gasteiger partial charge in [0.2, 0.25) is 0 Å². The number of methoxy groups -OCH3 is 1. The summed E-state index contributed by atoms with van der Waals surface area (Å²) in [5, 5.41) is 17.8. The molecule has 0 radical (unpaired) electrons. The lowest BCUT2D eigenvalue weighted by atomic mass is 10.3. The van der Waals surface area contributed by atoms with Gasteiger partial charge in [-0.1, -0.05) is 0 Å². The largest absolute Gasteiger partial charge is 0.504 e. The van der Waals surface area contributed by atoms with E-state index in [4.69, 9.17) is 9.81 Å². The molecule has 0 amide bonds. The van der Waals surface area contributed by atoms with Gasteiger partial charge in [0.1, 0.15) is 6.07 Å². The number of rotatable bonds is 2. The highest BCUT2D eigenvalue weighted by atomic mass is 32.2. The normalized spacial score (nSPS) is 10.7. The van der Waals surface area contributed by atoms with Gasteiger partial charge >= 0.3 is 10.1 Å². The second kappa shape index (κ2) is 3.72. The van der Waals surface area contributed by atoms with Gasteiger partial charge in [-0.15, -0.1) is 0 Å². The van der Waals surface area contributed by atoms with Crippen LogP contribution in [0, 0.1) is 11.3 Å². The highest BCUT2D eigenvalue weighted by Gasteiger charge is 2.25. The second-order valence-electron chi connectivity index (χ2n) is 2.44. The molecule has 0 aromatic carbocycles. The zero-order valence-corrected chi connectivity index (χ0v) is 8.32. The van der Waals surface area contributed by atoms with Crippen molar-refractivity contribution in [3.05, 3.63) is 11.9 Å². The number of ether oxygens (including phenoxy) is 1. The van der Waals surface area contributed by atoms with Crippen LogP contribution in [0.2, 0.25) is 0 Å². The number of nitriles is 1. The Bertz CT molecular complexity index is 531. The Morgan fingerprint density at radius 3 is 2.60 bits per heavy atom. The zero-order valence-electron chi connectivity index (χ0n) is 7.50. The standard InChI is InChI=1S/C7H6N2O5S/c1-14-5-3-9-4(2-8)6(10)7(5)15(11,12)13/h3,10H,1H3,(H,11,12,13). The minimum absolute atomic E-state index is 0.339. The summed E-state index contributed by atoms with van der Waals surface area (Å²) >= 11 is 0. The molecule has 0 atom stereocenters. The summed E-state index contributed by atoms with van der Waals surface area (Å²) in [6.45, 7) is 0. The third-order valence-corrected chi connectivity index (χ3v) is 2.47. The van der Waals surface area contributed by atoms with E-state index in [1.807, 2.05) is 0 Å². The van der Waals surface area contributed by atoms with E-state index in [2.05, 4.69) is 9.72 Å². The minimum atomic E-state index is -4.67. The molecule has 0 saturated heterocycles. The summed E-state index contributed by atoms with van der Waals surface area (Å²) in [7, 11) is -3.54. The van der Waals surface area contributed by atoms with Gasteiger partial charge in [-0.25, -0.2) is 4.98 Å². The number of hydrogen-bond donors (Lipinski definition) is 2. The van der Waals surface area contributed by atoms with Crippen molar-refractivity contribution in [1.82, 2.24) is 4.98 Å². The average molecular weight is 230 g/mol. The molecular weight excluding hydrogens is 224 g/mol. The molecule has 2 N–H and O–H groups in total. The summed E-state index contributed by atoms with van der Waals surface area (Å²) in [5.41, 5.74) is -0.511. The molecule has 1 heterocycles. The summed E-state index contributed by atoms with van der Waals surface area (Å²) in [4.78, 5) is 2.57. The minimum Gasteiger partial charge on any atom is -0.504 e. The molecule has 0 aliphatic rings. The van der Waals surface area contributed by atoms with Crippen LogP contribution >= 0.6 is 0 Å². The lowest BCUT2D eigenvalue weighted by Gasteiger charge is -2.07. The molecule has 80 valence electrons. The lowest BCUT2D eigenvalue weighted by Crippen LogP contribution is -2.04. The van der Waals surface area contributed by atoms with Gasteiger partial charge in [-0.05, 0) is 0 Å². The van der Waals surface area contributed by atoms with Crippen molar-refractivity contribution < 1.29 is 22.8 Å². The maximum Gasteiger partial charge on any atom is 0.302 e. The summed E-state index contributed by atoms with van der Waals surface area (Å²) in [6, 6.07) is 1.47. The molecule has 0 bridgehead atoms. The molecule has 8 heteroatoms. The molecule has 0 spiro atoms. The van der Waals surface area contributed by atoms with Crippen molar-refractivity contribution in [3.63, 3.8) is 0 Å². The van der Waals surface area contributed by atoms with Crippen LogP contribution < -0.4 is 4.74 Å². The molecule has 7 nitrogen and oxygen atoms in total. The molecule has 0 aliphatic carbocycles. The molecule has 0 saturated carbocycles. The van der Waals surface area contributed by atoms with Crippen LogP contribution in [0.25, 0.3) is 0 Å². The Hall–Kier alpha value is -1.85. The first-order valence-corrected chi connectivity index (χ1v) is 4.99. The van der Waals surface area contributed by atoms with Crippen LogP contribution in [0.5, 0.6) is 11.5 Å². The van der Waals surface area contributed by atoms with Crippen LogP contribution in [0.1, 0.15) is 5.69 Å².